The number of hydrogen-bond donors (Lipinski definition) is 1. The molecule has 6 nitrogen and oxygen atoms in total. The Balaban J connectivity index is 2.81. The van der Waals surface area contributed by atoms with Crippen LogP contribution in [0.3, 0.4) is 0 Å². The van der Waals surface area contributed by atoms with Gasteiger partial charge in [-0.25, -0.2) is 0 Å². The number of carbonyl (C=O) groups is 2. The molecule has 0 saturated carbocycles. The molecule has 6 heteroatoms. The molecule has 1 fully saturated rings. The van der Waals surface area contributed by atoms with E-state index in [1.807, 2.05) is 0 Å². The van der Waals surface area contributed by atoms with Crippen LogP contribution in [0, 0.1) is 11.8 Å². The molecule has 19 heavy (non-hydrogen) atoms. The van der Waals surface area contributed by atoms with Gasteiger partial charge in [-0.15, -0.1) is 0 Å². The number of aliphatic imine (C=N–C) groups is 1. The maximum absolute atomic E-state index is 11.6. The monoisotopic (exact) mass is 266 g/mol. The van der Waals surface area contributed by atoms with E-state index >= 15 is 0 Å². The van der Waals surface area contributed by atoms with Crippen molar-refractivity contribution in [1.82, 2.24) is 5.32 Å². The SMILES string of the molecule is C=C(/C=C\C(=N/C)OC)[C@@H]1CNC(=O)[C@H]1C(=O)OC. The number of esters is 1. The van der Waals surface area contributed by atoms with Crippen molar-refractivity contribution >= 4 is 17.8 Å². The van der Waals surface area contributed by atoms with Crippen LogP contribution in [0.5, 0.6) is 0 Å². The van der Waals surface area contributed by atoms with Gasteiger partial charge >= 0.3 is 5.97 Å². The highest BCUT2D eigenvalue weighted by Gasteiger charge is 2.41. The van der Waals surface area contributed by atoms with Crippen LogP contribution in [0.1, 0.15) is 0 Å². The van der Waals surface area contributed by atoms with E-state index < -0.39 is 11.9 Å². The number of amides is 1. The molecule has 0 aromatic carbocycles. The molecule has 1 amide bonds. The van der Waals surface area contributed by atoms with E-state index in [-0.39, 0.29) is 11.8 Å². The highest BCUT2D eigenvalue weighted by Crippen LogP contribution is 2.26. The minimum Gasteiger partial charge on any atom is -0.481 e. The average molecular weight is 266 g/mol. The number of carbonyl (C=O) groups excluding carboxylic acids is 2. The van der Waals surface area contributed by atoms with Gasteiger partial charge in [0, 0.05) is 25.6 Å². The standard InChI is InChI=1S/C13H18N2O4/c1-8(5-6-10(14-2)18-3)9-7-15-12(16)11(9)13(17)19-4/h5-6,9,11H,1,7H2,2-4H3,(H,15,16)/b6-5-,14-10+/t9-,11-/m0/s1. The Hall–Kier alpha value is -2.11. The third kappa shape index (κ3) is 3.43. The molecule has 1 rings (SSSR count). The zero-order valence-corrected chi connectivity index (χ0v) is 11.3. The second kappa shape index (κ2) is 6.72. The summed E-state index contributed by atoms with van der Waals surface area (Å²) in [6.07, 6.45) is 3.33. The van der Waals surface area contributed by atoms with Crippen LogP contribution in [-0.4, -0.2) is 45.6 Å². The zero-order valence-electron chi connectivity index (χ0n) is 11.3. The minimum atomic E-state index is -0.841. The van der Waals surface area contributed by atoms with Crippen molar-refractivity contribution in [1.29, 1.82) is 0 Å². The Bertz CT molecular complexity index is 440. The first-order chi connectivity index (χ1) is 9.04. The van der Waals surface area contributed by atoms with Crippen LogP contribution < -0.4 is 5.32 Å². The van der Waals surface area contributed by atoms with Gasteiger partial charge in [-0.3, -0.25) is 14.6 Å². The lowest BCUT2D eigenvalue weighted by Gasteiger charge is -2.14. The molecule has 0 aliphatic carbocycles. The van der Waals surface area contributed by atoms with E-state index in [4.69, 9.17) is 4.74 Å². The number of allylic oxidation sites excluding steroid dienone is 1. The molecule has 1 N–H and O–H groups in total. The maximum Gasteiger partial charge on any atom is 0.318 e. The first-order valence-corrected chi connectivity index (χ1v) is 5.78. The Morgan fingerprint density at radius 3 is 2.63 bits per heavy atom. The summed E-state index contributed by atoms with van der Waals surface area (Å²) >= 11 is 0. The van der Waals surface area contributed by atoms with Crippen LogP contribution in [-0.2, 0) is 19.1 Å². The number of nitrogens with one attached hydrogen (secondary N) is 1. The van der Waals surface area contributed by atoms with E-state index in [1.165, 1.54) is 14.2 Å². The molecule has 0 spiro atoms. The number of hydrogen-bond acceptors (Lipinski definition) is 5. The molecular formula is C13H18N2O4. The third-order valence-electron chi connectivity index (χ3n) is 2.98. The lowest BCUT2D eigenvalue weighted by Crippen LogP contribution is -2.29. The molecule has 0 aromatic rings. The smallest absolute Gasteiger partial charge is 0.318 e. The molecule has 1 saturated heterocycles. The average Bonchev–Trinajstić information content (AvgIpc) is 2.80. The molecule has 1 aliphatic rings. The van der Waals surface area contributed by atoms with Crippen molar-refractivity contribution < 1.29 is 19.1 Å². The Labute approximate surface area is 112 Å². The van der Waals surface area contributed by atoms with Crippen molar-refractivity contribution in [2.45, 2.75) is 0 Å². The van der Waals surface area contributed by atoms with Gasteiger partial charge < -0.3 is 14.8 Å². The van der Waals surface area contributed by atoms with E-state index in [1.54, 1.807) is 19.2 Å². The van der Waals surface area contributed by atoms with E-state index in [9.17, 15) is 9.59 Å². The van der Waals surface area contributed by atoms with E-state index in [0.717, 1.165) is 0 Å². The van der Waals surface area contributed by atoms with Gasteiger partial charge in [-0.05, 0) is 5.57 Å². The number of ether oxygens (including phenoxy) is 2. The first kappa shape index (κ1) is 14.9. The highest BCUT2D eigenvalue weighted by atomic mass is 16.5. The Morgan fingerprint density at radius 2 is 2.11 bits per heavy atom. The molecule has 0 aromatic heterocycles. The summed E-state index contributed by atoms with van der Waals surface area (Å²) in [5.41, 5.74) is 0.645. The molecule has 1 heterocycles. The topological polar surface area (TPSA) is 77.0 Å². The van der Waals surface area contributed by atoms with Gasteiger partial charge in [-0.2, -0.15) is 0 Å². The normalized spacial score (nSPS) is 23.3. The van der Waals surface area contributed by atoms with Crippen molar-refractivity contribution in [3.63, 3.8) is 0 Å². The molecule has 0 unspecified atom stereocenters. The summed E-state index contributed by atoms with van der Waals surface area (Å²) in [5.74, 6) is -1.60. The maximum atomic E-state index is 11.6. The second-order valence-electron chi connectivity index (χ2n) is 4.03. The van der Waals surface area contributed by atoms with Crippen LogP contribution in [0.25, 0.3) is 0 Å². The zero-order chi connectivity index (χ0) is 14.4. The lowest BCUT2D eigenvalue weighted by atomic mass is 9.89. The number of methoxy groups -OCH3 is 2. The molecule has 0 radical (unpaired) electrons. The van der Waals surface area contributed by atoms with Gasteiger partial charge in [0.25, 0.3) is 0 Å². The Kier molecular flexibility index (Phi) is 5.29. The van der Waals surface area contributed by atoms with E-state index in [0.29, 0.717) is 18.0 Å². The highest BCUT2D eigenvalue weighted by molar-refractivity contribution is 6.00. The van der Waals surface area contributed by atoms with Gasteiger partial charge in [0.1, 0.15) is 5.92 Å². The van der Waals surface area contributed by atoms with Crippen molar-refractivity contribution in [2.24, 2.45) is 16.8 Å². The van der Waals surface area contributed by atoms with Gasteiger partial charge in [0.05, 0.1) is 14.2 Å². The summed E-state index contributed by atoms with van der Waals surface area (Å²) in [5, 5.41) is 2.64. The van der Waals surface area contributed by atoms with Crippen LogP contribution in [0.2, 0.25) is 0 Å². The molecule has 2 atom stereocenters. The van der Waals surface area contributed by atoms with Crippen LogP contribution >= 0.6 is 0 Å². The molecule has 104 valence electrons. The predicted molar refractivity (Wildman–Crippen MR) is 70.7 cm³/mol. The third-order valence-corrected chi connectivity index (χ3v) is 2.98. The summed E-state index contributed by atoms with van der Waals surface area (Å²) in [7, 11) is 4.37. The second-order valence-corrected chi connectivity index (χ2v) is 4.03. The van der Waals surface area contributed by atoms with Crippen molar-refractivity contribution in [3.05, 3.63) is 24.3 Å². The van der Waals surface area contributed by atoms with Crippen molar-refractivity contribution in [3.8, 4) is 0 Å². The van der Waals surface area contributed by atoms with Gasteiger partial charge in [0.15, 0.2) is 0 Å². The fraction of sp³-hybridized carbons (Fsp3) is 0.462. The Morgan fingerprint density at radius 1 is 1.42 bits per heavy atom. The largest absolute Gasteiger partial charge is 0.481 e. The number of nitrogens with zero attached hydrogens (tertiary/aromatic N) is 1. The molecule has 1 aliphatic heterocycles. The minimum absolute atomic E-state index is 0.314. The first-order valence-electron chi connectivity index (χ1n) is 5.78. The summed E-state index contributed by atoms with van der Waals surface area (Å²) in [4.78, 5) is 27.1. The predicted octanol–water partition coefficient (Wildman–Crippen LogP) is 0.309. The summed E-state index contributed by atoms with van der Waals surface area (Å²) in [6.45, 7) is 4.25. The van der Waals surface area contributed by atoms with Crippen LogP contribution in [0.4, 0.5) is 0 Å². The van der Waals surface area contributed by atoms with E-state index in [2.05, 4.69) is 21.6 Å². The molecule has 0 bridgehead atoms. The lowest BCUT2D eigenvalue weighted by molar-refractivity contribution is -0.149. The number of rotatable bonds is 4. The van der Waals surface area contributed by atoms with Gasteiger partial charge in [-0.1, -0.05) is 12.7 Å². The van der Waals surface area contributed by atoms with Crippen molar-refractivity contribution in [2.75, 3.05) is 27.8 Å². The van der Waals surface area contributed by atoms with Crippen LogP contribution in [0.15, 0.2) is 29.3 Å². The summed E-state index contributed by atoms with van der Waals surface area (Å²) in [6, 6.07) is 0. The fourth-order valence-corrected chi connectivity index (χ4v) is 1.90. The quantitative estimate of drug-likeness (QED) is 0.261. The van der Waals surface area contributed by atoms with Gasteiger partial charge in [0.2, 0.25) is 11.8 Å². The fourth-order valence-electron chi connectivity index (χ4n) is 1.90. The summed E-state index contributed by atoms with van der Waals surface area (Å²) < 4.78 is 9.62. The molecular weight excluding hydrogens is 248 g/mol.